The second-order valence-electron chi connectivity index (χ2n) is 4.03. The standard InChI is InChI=1S/C8H15FN3OP/c1-8(2,10)4-12-6(13)3-5(11-12)7(9)14/h3,7,11H,4,10,14H2,1-2H3. The Labute approximate surface area is 83.9 Å². The van der Waals surface area contributed by atoms with E-state index in [1.54, 1.807) is 13.8 Å². The van der Waals surface area contributed by atoms with Crippen molar-refractivity contribution in [2.24, 2.45) is 5.73 Å². The quantitative estimate of drug-likeness (QED) is 0.737. The van der Waals surface area contributed by atoms with Gasteiger partial charge in [0, 0.05) is 11.6 Å². The predicted octanol–water partition coefficient (Wildman–Crippen LogP) is 0.757. The molecule has 0 saturated heterocycles. The molecule has 2 atom stereocenters. The number of hydrogen-bond acceptors (Lipinski definition) is 2. The van der Waals surface area contributed by atoms with Crippen LogP contribution < -0.4 is 11.3 Å². The summed E-state index contributed by atoms with van der Waals surface area (Å²) < 4.78 is 14.1. The fourth-order valence-electron chi connectivity index (χ4n) is 1.12. The van der Waals surface area contributed by atoms with E-state index in [0.29, 0.717) is 6.54 Å². The molecule has 80 valence electrons. The third-order valence-corrected chi connectivity index (χ3v) is 2.03. The van der Waals surface area contributed by atoms with Gasteiger partial charge in [-0.25, -0.2) is 4.39 Å². The van der Waals surface area contributed by atoms with Gasteiger partial charge in [0.15, 0.2) is 5.91 Å². The molecule has 1 aromatic rings. The Bertz CT molecular complexity index is 363. The molecule has 1 aromatic heterocycles. The Hall–Kier alpha value is -0.670. The highest BCUT2D eigenvalue weighted by atomic mass is 31.0. The molecule has 0 radical (unpaired) electrons. The van der Waals surface area contributed by atoms with Crippen molar-refractivity contribution in [1.29, 1.82) is 0 Å². The van der Waals surface area contributed by atoms with Crippen molar-refractivity contribution in [1.82, 2.24) is 9.78 Å². The van der Waals surface area contributed by atoms with Gasteiger partial charge in [-0.2, -0.15) is 0 Å². The van der Waals surface area contributed by atoms with Crippen molar-refractivity contribution in [2.45, 2.75) is 31.8 Å². The summed E-state index contributed by atoms with van der Waals surface area (Å²) in [4.78, 5) is 11.3. The molecule has 1 heterocycles. The molecular weight excluding hydrogens is 204 g/mol. The van der Waals surface area contributed by atoms with Gasteiger partial charge >= 0.3 is 0 Å². The largest absolute Gasteiger partial charge is 0.324 e. The molecule has 2 unspecified atom stereocenters. The number of aromatic nitrogens is 2. The Morgan fingerprint density at radius 1 is 1.79 bits per heavy atom. The predicted molar refractivity (Wildman–Crippen MR) is 56.9 cm³/mol. The summed E-state index contributed by atoms with van der Waals surface area (Å²) in [7, 11) is 1.98. The number of rotatable bonds is 3. The monoisotopic (exact) mass is 219 g/mol. The van der Waals surface area contributed by atoms with Gasteiger partial charge in [-0.15, -0.1) is 0 Å². The minimum Gasteiger partial charge on any atom is -0.324 e. The number of nitrogens with two attached hydrogens (primary N) is 1. The first-order chi connectivity index (χ1) is 6.29. The van der Waals surface area contributed by atoms with Gasteiger partial charge in [-0.3, -0.25) is 14.6 Å². The van der Waals surface area contributed by atoms with Crippen LogP contribution >= 0.6 is 9.24 Å². The Morgan fingerprint density at radius 2 is 2.36 bits per heavy atom. The van der Waals surface area contributed by atoms with E-state index >= 15 is 0 Å². The van der Waals surface area contributed by atoms with Crippen molar-refractivity contribution < 1.29 is 4.39 Å². The molecule has 0 saturated carbocycles. The average Bonchev–Trinajstić information content (AvgIpc) is 2.29. The van der Waals surface area contributed by atoms with Gasteiger partial charge in [-0.1, -0.05) is 9.24 Å². The summed E-state index contributed by atoms with van der Waals surface area (Å²) in [6.45, 7) is 3.93. The molecule has 0 bridgehead atoms. The second-order valence-corrected chi connectivity index (χ2v) is 4.61. The number of alkyl halides is 1. The number of halogens is 1. The lowest BCUT2D eigenvalue weighted by molar-refractivity contribution is 0.392. The Kier molecular flexibility index (Phi) is 3.12. The molecule has 0 aliphatic carbocycles. The van der Waals surface area contributed by atoms with E-state index in [1.165, 1.54) is 10.7 Å². The molecule has 4 nitrogen and oxygen atoms in total. The molecule has 0 aliphatic heterocycles. The topological polar surface area (TPSA) is 63.8 Å². The van der Waals surface area contributed by atoms with Crippen molar-refractivity contribution in [3.63, 3.8) is 0 Å². The number of nitrogens with one attached hydrogen (secondary N) is 1. The molecule has 14 heavy (non-hydrogen) atoms. The first-order valence-corrected chi connectivity index (χ1v) is 4.94. The smallest absolute Gasteiger partial charge is 0.266 e. The Balaban J connectivity index is 2.94. The second kappa shape index (κ2) is 3.83. The van der Waals surface area contributed by atoms with Crippen LogP contribution in [0.2, 0.25) is 0 Å². The molecular formula is C8H15FN3OP. The lowest BCUT2D eigenvalue weighted by atomic mass is 10.1. The van der Waals surface area contributed by atoms with Crippen LogP contribution in [0.25, 0.3) is 0 Å². The maximum Gasteiger partial charge on any atom is 0.266 e. The SMILES string of the molecule is CC(C)(N)Cn1[nH]c(C(F)P)cc1=O. The van der Waals surface area contributed by atoms with E-state index in [9.17, 15) is 9.18 Å². The number of aromatic amines is 1. The zero-order valence-corrected chi connectivity index (χ0v) is 9.40. The first kappa shape index (κ1) is 11.4. The van der Waals surface area contributed by atoms with E-state index in [2.05, 4.69) is 5.10 Å². The minimum atomic E-state index is -1.25. The van der Waals surface area contributed by atoms with Crippen LogP contribution in [0, 0.1) is 0 Å². The highest BCUT2D eigenvalue weighted by Gasteiger charge is 2.15. The number of nitrogens with zero attached hydrogens (tertiary/aromatic N) is 1. The van der Waals surface area contributed by atoms with E-state index in [0.717, 1.165) is 0 Å². The molecule has 6 heteroatoms. The van der Waals surface area contributed by atoms with E-state index in [1.807, 2.05) is 9.24 Å². The van der Waals surface area contributed by atoms with Crippen molar-refractivity contribution in [3.05, 3.63) is 22.1 Å². The molecule has 0 amide bonds. The fourth-order valence-corrected chi connectivity index (χ4v) is 1.29. The minimum absolute atomic E-state index is 0.254. The summed E-state index contributed by atoms with van der Waals surface area (Å²) in [6.07, 6.45) is 0. The summed E-state index contributed by atoms with van der Waals surface area (Å²) >= 11 is 0. The Morgan fingerprint density at radius 3 is 2.71 bits per heavy atom. The van der Waals surface area contributed by atoms with Crippen LogP contribution in [0.1, 0.15) is 25.5 Å². The average molecular weight is 219 g/mol. The van der Waals surface area contributed by atoms with Crippen LogP contribution in [-0.2, 0) is 6.54 Å². The maximum absolute atomic E-state index is 12.8. The van der Waals surface area contributed by atoms with Gasteiger partial charge < -0.3 is 5.73 Å². The zero-order valence-electron chi connectivity index (χ0n) is 8.25. The van der Waals surface area contributed by atoms with Crippen molar-refractivity contribution >= 4 is 9.24 Å². The van der Waals surface area contributed by atoms with Crippen LogP contribution in [0.3, 0.4) is 0 Å². The highest BCUT2D eigenvalue weighted by molar-refractivity contribution is 7.16. The molecule has 1 rings (SSSR count). The summed E-state index contributed by atoms with van der Waals surface area (Å²) in [6, 6.07) is 1.24. The van der Waals surface area contributed by atoms with Crippen LogP contribution in [0.4, 0.5) is 4.39 Å². The third-order valence-electron chi connectivity index (χ3n) is 1.67. The fraction of sp³-hybridized carbons (Fsp3) is 0.625. The van der Waals surface area contributed by atoms with Crippen molar-refractivity contribution in [2.75, 3.05) is 0 Å². The lowest BCUT2D eigenvalue weighted by Crippen LogP contribution is -2.40. The number of hydrogen-bond donors (Lipinski definition) is 2. The molecule has 3 N–H and O–H groups in total. The van der Waals surface area contributed by atoms with Gasteiger partial charge in [0.25, 0.3) is 5.56 Å². The van der Waals surface area contributed by atoms with Crippen LogP contribution in [0.15, 0.2) is 10.9 Å². The first-order valence-electron chi connectivity index (χ1n) is 4.28. The lowest BCUT2D eigenvalue weighted by Gasteiger charge is -2.18. The van der Waals surface area contributed by atoms with Crippen LogP contribution in [-0.4, -0.2) is 15.3 Å². The van der Waals surface area contributed by atoms with Gasteiger partial charge in [0.05, 0.1) is 12.2 Å². The number of H-pyrrole nitrogens is 1. The third kappa shape index (κ3) is 2.93. The molecule has 0 aromatic carbocycles. The van der Waals surface area contributed by atoms with E-state index in [-0.39, 0.29) is 11.3 Å². The maximum atomic E-state index is 12.8. The van der Waals surface area contributed by atoms with E-state index < -0.39 is 11.5 Å². The van der Waals surface area contributed by atoms with Crippen molar-refractivity contribution in [3.8, 4) is 0 Å². The zero-order chi connectivity index (χ0) is 10.9. The summed E-state index contributed by atoms with van der Waals surface area (Å²) in [5.41, 5.74) is 5.24. The van der Waals surface area contributed by atoms with Gasteiger partial charge in [0.2, 0.25) is 0 Å². The molecule has 0 aliphatic rings. The highest BCUT2D eigenvalue weighted by Crippen LogP contribution is 2.20. The molecule has 0 fully saturated rings. The summed E-state index contributed by atoms with van der Waals surface area (Å²) in [5.74, 6) is -1.25. The molecule has 0 spiro atoms. The van der Waals surface area contributed by atoms with E-state index in [4.69, 9.17) is 5.73 Å². The van der Waals surface area contributed by atoms with Gasteiger partial charge in [0.1, 0.15) is 0 Å². The van der Waals surface area contributed by atoms with Crippen LogP contribution in [0.5, 0.6) is 0 Å². The normalized spacial score (nSPS) is 14.4. The van der Waals surface area contributed by atoms with Gasteiger partial charge in [-0.05, 0) is 13.8 Å². The summed E-state index contributed by atoms with van der Waals surface area (Å²) in [5, 5.41) is 2.67.